The molecule has 0 spiro atoms. The Morgan fingerprint density at radius 3 is 2.85 bits per heavy atom. The lowest BCUT2D eigenvalue weighted by Crippen LogP contribution is -2.22. The van der Waals surface area contributed by atoms with Crippen molar-refractivity contribution in [3.8, 4) is 0 Å². The highest BCUT2D eigenvalue weighted by atomic mass is 35.5. The van der Waals surface area contributed by atoms with Crippen LogP contribution in [0.1, 0.15) is 15.2 Å². The molecule has 2 rings (SSSR count). The van der Waals surface area contributed by atoms with Crippen LogP contribution in [0, 0.1) is 10.1 Å². The Kier molecular flexibility index (Phi) is 4.21. The molecular formula is C12H10ClN3O3S. The lowest BCUT2D eigenvalue weighted by molar-refractivity contribution is -0.383. The minimum absolute atomic E-state index is 0.0135. The van der Waals surface area contributed by atoms with E-state index in [1.54, 1.807) is 0 Å². The van der Waals surface area contributed by atoms with Gasteiger partial charge in [0.05, 0.1) is 16.5 Å². The number of amides is 1. The lowest BCUT2D eigenvalue weighted by atomic mass is 10.1. The fourth-order valence-corrected chi connectivity index (χ4v) is 2.43. The molecule has 2 aromatic rings. The summed E-state index contributed by atoms with van der Waals surface area (Å²) in [5.74, 6) is -0.441. The maximum absolute atomic E-state index is 11.9. The van der Waals surface area contributed by atoms with E-state index in [1.807, 2.05) is 17.5 Å². The monoisotopic (exact) mass is 311 g/mol. The van der Waals surface area contributed by atoms with Gasteiger partial charge in [0.25, 0.3) is 11.6 Å². The summed E-state index contributed by atoms with van der Waals surface area (Å²) in [7, 11) is 0. The van der Waals surface area contributed by atoms with Gasteiger partial charge in [-0.25, -0.2) is 0 Å². The number of benzene rings is 1. The topological polar surface area (TPSA) is 98.3 Å². The van der Waals surface area contributed by atoms with Gasteiger partial charge in [-0.1, -0.05) is 17.7 Å². The zero-order valence-electron chi connectivity index (χ0n) is 10.1. The quantitative estimate of drug-likeness (QED) is 0.515. The van der Waals surface area contributed by atoms with Crippen molar-refractivity contribution in [3.05, 3.63) is 55.2 Å². The van der Waals surface area contributed by atoms with E-state index in [9.17, 15) is 14.9 Å². The van der Waals surface area contributed by atoms with E-state index < -0.39 is 10.8 Å². The van der Waals surface area contributed by atoms with E-state index in [0.29, 0.717) is 6.54 Å². The summed E-state index contributed by atoms with van der Waals surface area (Å²) in [6.45, 7) is 0.353. The number of nitro groups is 1. The van der Waals surface area contributed by atoms with Crippen LogP contribution in [0.5, 0.6) is 0 Å². The molecule has 6 nitrogen and oxygen atoms in total. The van der Waals surface area contributed by atoms with Crippen LogP contribution in [0.15, 0.2) is 29.6 Å². The molecule has 3 N–H and O–H groups in total. The summed E-state index contributed by atoms with van der Waals surface area (Å²) in [5.41, 5.74) is 5.08. The van der Waals surface area contributed by atoms with Gasteiger partial charge >= 0.3 is 0 Å². The van der Waals surface area contributed by atoms with E-state index in [1.165, 1.54) is 17.4 Å². The highest BCUT2D eigenvalue weighted by molar-refractivity contribution is 7.09. The molecule has 0 aliphatic carbocycles. The number of nitrogen functional groups attached to an aromatic ring is 1. The summed E-state index contributed by atoms with van der Waals surface area (Å²) < 4.78 is 0. The van der Waals surface area contributed by atoms with E-state index in [-0.39, 0.29) is 22.0 Å². The molecule has 0 aliphatic rings. The number of nitrogens with one attached hydrogen (secondary N) is 1. The molecule has 0 radical (unpaired) electrons. The molecule has 1 aromatic carbocycles. The first-order valence-corrected chi connectivity index (χ1v) is 6.79. The summed E-state index contributed by atoms with van der Waals surface area (Å²) in [4.78, 5) is 23.1. The van der Waals surface area contributed by atoms with Gasteiger partial charge in [0.1, 0.15) is 5.69 Å². The first-order valence-electron chi connectivity index (χ1n) is 5.53. The fraction of sp³-hybridized carbons (Fsp3) is 0.0833. The Morgan fingerprint density at radius 1 is 1.50 bits per heavy atom. The lowest BCUT2D eigenvalue weighted by Gasteiger charge is -2.06. The van der Waals surface area contributed by atoms with Crippen molar-refractivity contribution in [1.82, 2.24) is 5.32 Å². The molecule has 0 saturated heterocycles. The van der Waals surface area contributed by atoms with Gasteiger partial charge < -0.3 is 11.1 Å². The molecule has 0 bridgehead atoms. The van der Waals surface area contributed by atoms with Crippen LogP contribution >= 0.6 is 22.9 Å². The number of anilines is 1. The van der Waals surface area contributed by atoms with Crippen LogP contribution in [-0.2, 0) is 6.54 Å². The predicted molar refractivity (Wildman–Crippen MR) is 78.0 cm³/mol. The average Bonchev–Trinajstić information content (AvgIpc) is 2.91. The number of nitro benzene ring substituents is 1. The van der Waals surface area contributed by atoms with Gasteiger partial charge in [-0.2, -0.15) is 0 Å². The maximum atomic E-state index is 11.9. The number of nitrogens with zero attached hydrogens (tertiary/aromatic N) is 1. The van der Waals surface area contributed by atoms with Crippen LogP contribution in [0.2, 0.25) is 5.02 Å². The van der Waals surface area contributed by atoms with Crippen LogP contribution < -0.4 is 11.1 Å². The minimum Gasteiger partial charge on any atom is -0.392 e. The molecule has 104 valence electrons. The number of halogens is 1. The summed E-state index contributed by atoms with van der Waals surface area (Å²) in [5, 5.41) is 15.4. The van der Waals surface area contributed by atoms with Gasteiger partial charge in [-0.3, -0.25) is 14.9 Å². The fourth-order valence-electron chi connectivity index (χ4n) is 1.57. The zero-order chi connectivity index (χ0) is 14.7. The molecule has 0 atom stereocenters. The largest absolute Gasteiger partial charge is 0.392 e. The predicted octanol–water partition coefficient (Wildman–Crippen LogP) is 2.82. The molecule has 1 amide bonds. The summed E-state index contributed by atoms with van der Waals surface area (Å²) >= 11 is 7.30. The molecule has 20 heavy (non-hydrogen) atoms. The van der Waals surface area contributed by atoms with Gasteiger partial charge in [0.15, 0.2) is 0 Å². The Labute approximate surface area is 123 Å². The van der Waals surface area contributed by atoms with Crippen molar-refractivity contribution in [2.24, 2.45) is 0 Å². The molecule has 0 saturated carbocycles. The number of rotatable bonds is 4. The third-order valence-corrected chi connectivity index (χ3v) is 3.76. The SMILES string of the molecule is Nc1c(Cl)cc(C(=O)NCc2cccs2)cc1[N+](=O)[O-]. The van der Waals surface area contributed by atoms with Crippen molar-refractivity contribution in [3.63, 3.8) is 0 Å². The van der Waals surface area contributed by atoms with Crippen molar-refractivity contribution in [1.29, 1.82) is 0 Å². The molecule has 1 heterocycles. The smallest absolute Gasteiger partial charge is 0.294 e. The molecular weight excluding hydrogens is 302 g/mol. The van der Waals surface area contributed by atoms with Crippen molar-refractivity contribution in [2.75, 3.05) is 5.73 Å². The number of carbonyl (C=O) groups is 1. The van der Waals surface area contributed by atoms with E-state index in [4.69, 9.17) is 17.3 Å². The first kappa shape index (κ1) is 14.3. The van der Waals surface area contributed by atoms with Crippen LogP contribution in [0.4, 0.5) is 11.4 Å². The third kappa shape index (κ3) is 3.06. The Morgan fingerprint density at radius 2 is 2.25 bits per heavy atom. The van der Waals surface area contributed by atoms with Crippen molar-refractivity contribution >= 4 is 40.2 Å². The van der Waals surface area contributed by atoms with E-state index >= 15 is 0 Å². The summed E-state index contributed by atoms with van der Waals surface area (Å²) in [6, 6.07) is 6.18. The van der Waals surface area contributed by atoms with Crippen LogP contribution in [0.25, 0.3) is 0 Å². The molecule has 1 aromatic heterocycles. The first-order chi connectivity index (χ1) is 9.49. The molecule has 0 aliphatic heterocycles. The van der Waals surface area contributed by atoms with Gasteiger partial charge in [-0.05, 0) is 17.5 Å². The highest BCUT2D eigenvalue weighted by Gasteiger charge is 2.19. The normalized spacial score (nSPS) is 10.2. The maximum Gasteiger partial charge on any atom is 0.294 e. The van der Waals surface area contributed by atoms with E-state index in [2.05, 4.69) is 5.32 Å². The van der Waals surface area contributed by atoms with Gasteiger partial charge in [0.2, 0.25) is 0 Å². The van der Waals surface area contributed by atoms with E-state index in [0.717, 1.165) is 10.9 Å². The number of hydrogen-bond donors (Lipinski definition) is 2. The number of carbonyl (C=O) groups excluding carboxylic acids is 1. The Balaban J connectivity index is 2.19. The standard InChI is InChI=1S/C12H10ClN3O3S/c13-9-4-7(5-10(11(9)14)16(18)19)12(17)15-6-8-2-1-3-20-8/h1-5H,6,14H2,(H,15,17). The van der Waals surface area contributed by atoms with Gasteiger partial charge in [0, 0.05) is 16.5 Å². The highest BCUT2D eigenvalue weighted by Crippen LogP contribution is 2.30. The second-order valence-electron chi connectivity index (χ2n) is 3.91. The Bertz CT molecular complexity index is 658. The summed E-state index contributed by atoms with van der Waals surface area (Å²) in [6.07, 6.45) is 0. The van der Waals surface area contributed by atoms with Crippen molar-refractivity contribution in [2.45, 2.75) is 6.54 Å². The van der Waals surface area contributed by atoms with Crippen molar-refractivity contribution < 1.29 is 9.72 Å². The average molecular weight is 312 g/mol. The Hall–Kier alpha value is -2.12. The zero-order valence-corrected chi connectivity index (χ0v) is 11.7. The second-order valence-corrected chi connectivity index (χ2v) is 5.35. The number of thiophene rings is 1. The molecule has 8 heteroatoms. The number of nitrogens with two attached hydrogens (primary N) is 1. The van der Waals surface area contributed by atoms with Crippen LogP contribution in [-0.4, -0.2) is 10.8 Å². The third-order valence-electron chi connectivity index (χ3n) is 2.57. The molecule has 0 unspecified atom stereocenters. The minimum atomic E-state index is -0.669. The molecule has 0 fully saturated rings. The number of hydrogen-bond acceptors (Lipinski definition) is 5. The van der Waals surface area contributed by atoms with Crippen LogP contribution in [0.3, 0.4) is 0 Å². The second kappa shape index (κ2) is 5.89. The van der Waals surface area contributed by atoms with Gasteiger partial charge in [-0.15, -0.1) is 11.3 Å².